The van der Waals surface area contributed by atoms with Crippen molar-refractivity contribution in [3.8, 4) is 0 Å². The minimum Gasteiger partial charge on any atom is -0.345 e. The van der Waals surface area contributed by atoms with Gasteiger partial charge in [-0.2, -0.15) is 5.10 Å². The number of rotatable bonds is 6. The molecule has 1 aromatic heterocycles. The first-order chi connectivity index (χ1) is 13.8. The zero-order valence-corrected chi connectivity index (χ0v) is 16.9. The van der Waals surface area contributed by atoms with Crippen LogP contribution in [0, 0.1) is 0 Å². The molecular weight excluding hydrogens is 364 g/mol. The van der Waals surface area contributed by atoms with Gasteiger partial charge in [0.15, 0.2) is 5.82 Å². The number of anilines is 1. The Balaban J connectivity index is 1.72. The number of amides is 2. The maximum Gasteiger partial charge on any atom is 0.251 e. The Morgan fingerprint density at radius 1 is 1.00 bits per heavy atom. The van der Waals surface area contributed by atoms with E-state index in [1.165, 1.54) is 0 Å². The lowest BCUT2D eigenvalue weighted by atomic mass is 9.92. The van der Waals surface area contributed by atoms with Crippen molar-refractivity contribution >= 4 is 17.6 Å². The van der Waals surface area contributed by atoms with E-state index in [0.29, 0.717) is 11.4 Å². The van der Waals surface area contributed by atoms with Crippen molar-refractivity contribution in [1.29, 1.82) is 0 Å². The molecular formula is C23H26N4O2. The second kappa shape index (κ2) is 8.73. The fourth-order valence-corrected chi connectivity index (χ4v) is 2.92. The van der Waals surface area contributed by atoms with Crippen LogP contribution in [-0.2, 0) is 10.2 Å². The summed E-state index contributed by atoms with van der Waals surface area (Å²) in [5, 5.41) is 12.9. The van der Waals surface area contributed by atoms with E-state index in [-0.39, 0.29) is 23.7 Å². The summed E-state index contributed by atoms with van der Waals surface area (Å²) in [6.45, 7) is 6.20. The minimum atomic E-state index is -0.454. The predicted molar refractivity (Wildman–Crippen MR) is 114 cm³/mol. The number of benzene rings is 2. The lowest BCUT2D eigenvalue weighted by Crippen LogP contribution is -2.31. The number of hydrogen-bond donors (Lipinski definition) is 3. The van der Waals surface area contributed by atoms with Gasteiger partial charge in [-0.05, 0) is 17.7 Å². The van der Waals surface area contributed by atoms with Gasteiger partial charge in [-0.15, -0.1) is 0 Å². The summed E-state index contributed by atoms with van der Waals surface area (Å²) >= 11 is 0. The van der Waals surface area contributed by atoms with E-state index < -0.39 is 6.04 Å². The Morgan fingerprint density at radius 2 is 1.62 bits per heavy atom. The monoisotopic (exact) mass is 390 g/mol. The highest BCUT2D eigenvalue weighted by Gasteiger charge is 2.21. The number of aromatic amines is 1. The summed E-state index contributed by atoms with van der Waals surface area (Å²) in [4.78, 5) is 25.3. The number of aromatic nitrogens is 2. The van der Waals surface area contributed by atoms with Gasteiger partial charge < -0.3 is 10.6 Å². The van der Waals surface area contributed by atoms with Crippen LogP contribution in [0.2, 0.25) is 0 Å². The third-order valence-electron chi connectivity index (χ3n) is 4.59. The first kappa shape index (κ1) is 20.3. The molecule has 2 aromatic carbocycles. The lowest BCUT2D eigenvalue weighted by Gasteiger charge is -2.19. The molecule has 0 aliphatic rings. The summed E-state index contributed by atoms with van der Waals surface area (Å²) in [6.07, 6.45) is 0.0975. The van der Waals surface area contributed by atoms with Crippen molar-refractivity contribution in [3.05, 3.63) is 83.6 Å². The van der Waals surface area contributed by atoms with E-state index in [2.05, 4.69) is 41.6 Å². The number of nitrogens with zero attached hydrogens (tertiary/aromatic N) is 1. The van der Waals surface area contributed by atoms with Crippen molar-refractivity contribution in [2.24, 2.45) is 0 Å². The van der Waals surface area contributed by atoms with Crippen molar-refractivity contribution in [2.75, 3.05) is 5.32 Å². The standard InChI is InChI=1S/C23H26N4O2/c1-23(2,3)19-15-20(27-26-19)25-21(28)14-18(16-10-6-4-7-11-16)24-22(29)17-12-8-5-9-13-17/h4-13,15,18H,14H2,1-3H3,(H,24,29)(H2,25,26,27,28). The second-order valence-electron chi connectivity index (χ2n) is 7.97. The normalized spacial score (nSPS) is 12.2. The molecule has 0 radical (unpaired) electrons. The van der Waals surface area contributed by atoms with Crippen LogP contribution in [0.5, 0.6) is 0 Å². The Bertz CT molecular complexity index is 959. The Morgan fingerprint density at radius 3 is 2.21 bits per heavy atom. The van der Waals surface area contributed by atoms with Crippen LogP contribution >= 0.6 is 0 Å². The molecule has 29 heavy (non-hydrogen) atoms. The zero-order chi connectivity index (χ0) is 20.9. The third kappa shape index (κ3) is 5.54. The highest BCUT2D eigenvalue weighted by molar-refractivity contribution is 5.95. The fraction of sp³-hybridized carbons (Fsp3) is 0.261. The molecule has 0 fully saturated rings. The number of nitrogens with one attached hydrogen (secondary N) is 3. The maximum atomic E-state index is 12.7. The summed E-state index contributed by atoms with van der Waals surface area (Å²) in [7, 11) is 0. The molecule has 0 spiro atoms. The van der Waals surface area contributed by atoms with E-state index in [0.717, 1.165) is 11.3 Å². The van der Waals surface area contributed by atoms with Crippen LogP contribution in [0.3, 0.4) is 0 Å². The van der Waals surface area contributed by atoms with Crippen LogP contribution in [-0.4, -0.2) is 22.0 Å². The Kier molecular flexibility index (Phi) is 6.12. The van der Waals surface area contributed by atoms with Gasteiger partial charge >= 0.3 is 0 Å². The molecule has 3 aromatic rings. The molecule has 1 atom stereocenters. The minimum absolute atomic E-state index is 0.0911. The molecule has 0 aliphatic carbocycles. The Labute approximate surface area is 170 Å². The first-order valence-electron chi connectivity index (χ1n) is 9.59. The molecule has 150 valence electrons. The highest BCUT2D eigenvalue weighted by atomic mass is 16.2. The van der Waals surface area contributed by atoms with Crippen LogP contribution in [0.4, 0.5) is 5.82 Å². The van der Waals surface area contributed by atoms with Gasteiger partial charge in [-0.3, -0.25) is 14.7 Å². The second-order valence-corrected chi connectivity index (χ2v) is 7.97. The quantitative estimate of drug-likeness (QED) is 0.589. The van der Waals surface area contributed by atoms with E-state index in [1.807, 2.05) is 54.6 Å². The Hall–Kier alpha value is -3.41. The van der Waals surface area contributed by atoms with Gasteiger partial charge in [-0.25, -0.2) is 0 Å². The SMILES string of the molecule is CC(C)(C)c1cc(NC(=O)CC(NC(=O)c2ccccc2)c2ccccc2)n[nH]1. The number of carbonyl (C=O) groups is 2. The van der Waals surface area contributed by atoms with Crippen molar-refractivity contribution in [2.45, 2.75) is 38.6 Å². The molecule has 6 nitrogen and oxygen atoms in total. The molecule has 2 amide bonds. The van der Waals surface area contributed by atoms with E-state index in [1.54, 1.807) is 12.1 Å². The molecule has 3 rings (SSSR count). The van der Waals surface area contributed by atoms with Crippen LogP contribution in [0.25, 0.3) is 0 Å². The predicted octanol–water partition coefficient (Wildman–Crippen LogP) is 4.21. The molecule has 1 unspecified atom stereocenters. The van der Waals surface area contributed by atoms with Crippen LogP contribution in [0.1, 0.15) is 54.8 Å². The average molecular weight is 390 g/mol. The molecule has 0 saturated heterocycles. The zero-order valence-electron chi connectivity index (χ0n) is 16.9. The van der Waals surface area contributed by atoms with Gasteiger partial charge in [-0.1, -0.05) is 69.3 Å². The lowest BCUT2D eigenvalue weighted by molar-refractivity contribution is -0.116. The van der Waals surface area contributed by atoms with Crippen molar-refractivity contribution < 1.29 is 9.59 Å². The van der Waals surface area contributed by atoms with Gasteiger partial charge in [0.2, 0.25) is 5.91 Å². The van der Waals surface area contributed by atoms with Crippen LogP contribution < -0.4 is 10.6 Å². The first-order valence-corrected chi connectivity index (χ1v) is 9.59. The smallest absolute Gasteiger partial charge is 0.251 e. The molecule has 3 N–H and O–H groups in total. The summed E-state index contributed by atoms with van der Waals surface area (Å²) in [5.74, 6) is 0.0299. The van der Waals surface area contributed by atoms with E-state index in [9.17, 15) is 9.59 Å². The third-order valence-corrected chi connectivity index (χ3v) is 4.59. The number of hydrogen-bond acceptors (Lipinski definition) is 3. The number of H-pyrrole nitrogens is 1. The van der Waals surface area contributed by atoms with Gasteiger partial charge in [0.05, 0.1) is 12.5 Å². The van der Waals surface area contributed by atoms with Crippen molar-refractivity contribution in [3.63, 3.8) is 0 Å². The fourth-order valence-electron chi connectivity index (χ4n) is 2.92. The topological polar surface area (TPSA) is 86.9 Å². The van der Waals surface area contributed by atoms with E-state index in [4.69, 9.17) is 0 Å². The van der Waals surface area contributed by atoms with Gasteiger partial charge in [0, 0.05) is 22.7 Å². The van der Waals surface area contributed by atoms with E-state index >= 15 is 0 Å². The van der Waals surface area contributed by atoms with Crippen molar-refractivity contribution in [1.82, 2.24) is 15.5 Å². The molecule has 6 heteroatoms. The van der Waals surface area contributed by atoms with Gasteiger partial charge in [0.1, 0.15) is 0 Å². The average Bonchev–Trinajstić information content (AvgIpc) is 3.17. The van der Waals surface area contributed by atoms with Gasteiger partial charge in [0.25, 0.3) is 5.91 Å². The summed E-state index contributed by atoms with van der Waals surface area (Å²) in [6, 6.07) is 19.8. The highest BCUT2D eigenvalue weighted by Crippen LogP contribution is 2.23. The molecule has 0 aliphatic heterocycles. The summed E-state index contributed by atoms with van der Waals surface area (Å²) < 4.78 is 0. The summed E-state index contributed by atoms with van der Waals surface area (Å²) in [5.41, 5.74) is 2.26. The maximum absolute atomic E-state index is 12.7. The number of carbonyl (C=O) groups excluding carboxylic acids is 2. The largest absolute Gasteiger partial charge is 0.345 e. The molecule has 0 bridgehead atoms. The van der Waals surface area contributed by atoms with Crippen LogP contribution in [0.15, 0.2) is 66.7 Å². The molecule has 0 saturated carbocycles. The molecule has 1 heterocycles.